The molecule has 0 aromatic carbocycles. The van der Waals surface area contributed by atoms with Gasteiger partial charge in [0.25, 0.3) is 0 Å². The number of carbonyl (C=O) groups is 4. The number of amides is 3. The second-order valence-corrected chi connectivity index (χ2v) is 9.62. The van der Waals surface area contributed by atoms with Crippen molar-refractivity contribution in [3.05, 3.63) is 22.7 Å². The van der Waals surface area contributed by atoms with Crippen molar-refractivity contribution in [2.45, 2.75) is 46.5 Å². The van der Waals surface area contributed by atoms with Crippen LogP contribution in [0.1, 0.15) is 54.9 Å². The van der Waals surface area contributed by atoms with E-state index in [2.05, 4.69) is 11.9 Å². The molecule has 2 bridgehead atoms. The van der Waals surface area contributed by atoms with Crippen molar-refractivity contribution in [3.8, 4) is 0 Å². The van der Waals surface area contributed by atoms with E-state index < -0.39 is 5.97 Å². The van der Waals surface area contributed by atoms with Crippen molar-refractivity contribution in [3.63, 3.8) is 0 Å². The topological polar surface area (TPSA) is 96.9 Å². The summed E-state index contributed by atoms with van der Waals surface area (Å²) in [4.78, 5) is 59.0. The van der Waals surface area contributed by atoms with Crippen molar-refractivity contribution >= 4 is 40.2 Å². The van der Waals surface area contributed by atoms with Gasteiger partial charge in [0.2, 0.25) is 17.7 Å². The molecule has 2 heterocycles. The van der Waals surface area contributed by atoms with E-state index in [1.54, 1.807) is 13.8 Å². The molecule has 0 radical (unpaired) electrons. The average Bonchev–Trinajstić information content (AvgIpc) is 3.52. The monoisotopic (exact) mass is 459 g/mol. The van der Waals surface area contributed by atoms with Gasteiger partial charge in [-0.2, -0.15) is 0 Å². The highest BCUT2D eigenvalue weighted by molar-refractivity contribution is 7.17. The fourth-order valence-corrected chi connectivity index (χ4v) is 6.08. The van der Waals surface area contributed by atoms with Crippen molar-refractivity contribution in [1.29, 1.82) is 0 Å². The predicted octanol–water partition coefficient (Wildman–Crippen LogP) is 2.96. The first-order valence-corrected chi connectivity index (χ1v) is 12.2. The number of allylic oxidation sites excluding steroid dienone is 2. The molecule has 9 heteroatoms. The minimum atomic E-state index is -0.463. The normalized spacial score (nSPS) is 25.5. The van der Waals surface area contributed by atoms with Gasteiger partial charge in [-0.3, -0.25) is 24.2 Å². The number of anilines is 1. The summed E-state index contributed by atoms with van der Waals surface area (Å²) < 4.78 is 5.09. The molecule has 3 amide bonds. The van der Waals surface area contributed by atoms with E-state index in [9.17, 15) is 19.2 Å². The zero-order valence-corrected chi connectivity index (χ0v) is 19.5. The van der Waals surface area contributed by atoms with E-state index in [-0.39, 0.29) is 54.5 Å². The number of rotatable bonds is 9. The smallest absolute Gasteiger partial charge is 0.350 e. The molecular formula is C23H29N3O5S. The third-order valence-corrected chi connectivity index (χ3v) is 7.78. The van der Waals surface area contributed by atoms with Crippen LogP contribution in [0, 0.1) is 30.6 Å². The highest BCUT2D eigenvalue weighted by Gasteiger charge is 2.59. The molecule has 0 N–H and O–H groups in total. The molecule has 1 aliphatic heterocycles. The lowest BCUT2D eigenvalue weighted by Gasteiger charge is -2.23. The number of thiazole rings is 1. The summed E-state index contributed by atoms with van der Waals surface area (Å²) in [6, 6.07) is 0. The molecule has 1 aromatic rings. The summed E-state index contributed by atoms with van der Waals surface area (Å²) in [6.45, 7) is 5.89. The van der Waals surface area contributed by atoms with Gasteiger partial charge in [-0.1, -0.05) is 43.3 Å². The number of hydrogen-bond acceptors (Lipinski definition) is 7. The lowest BCUT2D eigenvalue weighted by atomic mass is 9.85. The summed E-state index contributed by atoms with van der Waals surface area (Å²) >= 11 is 1.11. The fourth-order valence-electron chi connectivity index (χ4n) is 5.07. The molecule has 3 aliphatic rings. The summed E-state index contributed by atoms with van der Waals surface area (Å²) in [7, 11) is 0. The zero-order chi connectivity index (χ0) is 23.0. The van der Waals surface area contributed by atoms with Crippen LogP contribution < -0.4 is 4.90 Å². The van der Waals surface area contributed by atoms with Crippen LogP contribution in [-0.2, 0) is 19.1 Å². The van der Waals surface area contributed by atoms with Gasteiger partial charge in [0.15, 0.2) is 5.13 Å². The minimum absolute atomic E-state index is 0.107. The van der Waals surface area contributed by atoms with E-state index in [0.29, 0.717) is 22.2 Å². The van der Waals surface area contributed by atoms with E-state index in [1.807, 2.05) is 12.2 Å². The molecule has 2 fully saturated rings. The summed E-state index contributed by atoms with van der Waals surface area (Å²) in [6.07, 6.45) is 7.60. The predicted molar refractivity (Wildman–Crippen MR) is 119 cm³/mol. The number of imide groups is 1. The maximum Gasteiger partial charge on any atom is 0.350 e. The standard InChI is InChI=1S/C23H29N3O5S/c1-4-6-7-10-25(23-24-13(3)19(32-23)22(30)31-5-2)16(27)12-26-20(28)17-14-8-9-15(11-14)18(17)21(26)29/h8-9,14-15,17-18H,4-7,10-12H2,1-3H3. The number of carbonyl (C=O) groups excluding carboxylic acids is 4. The third kappa shape index (κ3) is 3.87. The van der Waals surface area contributed by atoms with Crippen molar-refractivity contribution in [2.24, 2.45) is 23.7 Å². The molecule has 32 heavy (non-hydrogen) atoms. The molecule has 0 spiro atoms. The molecule has 2 aliphatic carbocycles. The number of aromatic nitrogens is 1. The summed E-state index contributed by atoms with van der Waals surface area (Å²) in [5, 5.41) is 0.396. The largest absolute Gasteiger partial charge is 0.462 e. The molecule has 4 rings (SSSR count). The van der Waals surface area contributed by atoms with Crippen LogP contribution in [0.3, 0.4) is 0 Å². The molecule has 4 unspecified atom stereocenters. The van der Waals surface area contributed by atoms with E-state index in [0.717, 1.165) is 41.9 Å². The minimum Gasteiger partial charge on any atom is -0.462 e. The lowest BCUT2D eigenvalue weighted by Crippen LogP contribution is -2.44. The molecule has 1 aromatic heterocycles. The van der Waals surface area contributed by atoms with Crippen molar-refractivity contribution in [2.75, 3.05) is 24.6 Å². The maximum atomic E-state index is 13.3. The van der Waals surface area contributed by atoms with Gasteiger partial charge in [-0.25, -0.2) is 9.78 Å². The SMILES string of the molecule is CCCCCN(C(=O)CN1C(=O)C2C3C=CC(C3)C2C1=O)c1nc(C)c(C(=O)OCC)s1. The van der Waals surface area contributed by atoms with Crippen LogP contribution in [0.5, 0.6) is 0 Å². The first-order chi connectivity index (χ1) is 15.4. The second kappa shape index (κ2) is 9.13. The zero-order valence-electron chi connectivity index (χ0n) is 18.7. The number of fused-ring (bicyclic) bond motifs is 5. The lowest BCUT2D eigenvalue weighted by molar-refractivity contribution is -0.143. The highest BCUT2D eigenvalue weighted by atomic mass is 32.1. The van der Waals surface area contributed by atoms with E-state index in [1.165, 1.54) is 4.90 Å². The highest BCUT2D eigenvalue weighted by Crippen LogP contribution is 2.52. The Morgan fingerprint density at radius 3 is 2.41 bits per heavy atom. The van der Waals surface area contributed by atoms with Crippen molar-refractivity contribution in [1.82, 2.24) is 9.88 Å². The number of likely N-dealkylation sites (tertiary alicyclic amines) is 1. The Bertz CT molecular complexity index is 941. The van der Waals surface area contributed by atoms with E-state index in [4.69, 9.17) is 4.74 Å². The number of hydrogen-bond donors (Lipinski definition) is 0. The Hall–Kier alpha value is -2.55. The number of unbranched alkanes of at least 4 members (excludes halogenated alkanes) is 2. The van der Waals surface area contributed by atoms with Crippen LogP contribution in [0.4, 0.5) is 5.13 Å². The Morgan fingerprint density at radius 2 is 1.81 bits per heavy atom. The van der Waals surface area contributed by atoms with E-state index >= 15 is 0 Å². The van der Waals surface area contributed by atoms with Gasteiger partial charge in [-0.05, 0) is 38.5 Å². The van der Waals surface area contributed by atoms with Gasteiger partial charge >= 0.3 is 5.97 Å². The molecule has 8 nitrogen and oxygen atoms in total. The molecule has 1 saturated heterocycles. The fraction of sp³-hybridized carbons (Fsp3) is 0.609. The van der Waals surface area contributed by atoms with Gasteiger partial charge in [0.1, 0.15) is 11.4 Å². The average molecular weight is 460 g/mol. The van der Waals surface area contributed by atoms with Gasteiger partial charge in [0, 0.05) is 6.54 Å². The Labute approximate surface area is 191 Å². The van der Waals surface area contributed by atoms with Crippen LogP contribution >= 0.6 is 11.3 Å². The van der Waals surface area contributed by atoms with Gasteiger partial charge < -0.3 is 4.74 Å². The number of aryl methyl sites for hydroxylation is 1. The number of esters is 1. The van der Waals surface area contributed by atoms with Gasteiger partial charge in [-0.15, -0.1) is 0 Å². The van der Waals surface area contributed by atoms with Crippen LogP contribution in [0.25, 0.3) is 0 Å². The maximum absolute atomic E-state index is 13.3. The summed E-state index contributed by atoms with van der Waals surface area (Å²) in [5.74, 6) is -1.72. The van der Waals surface area contributed by atoms with Crippen molar-refractivity contribution < 1.29 is 23.9 Å². The van der Waals surface area contributed by atoms with Crippen LogP contribution in [0.2, 0.25) is 0 Å². The Kier molecular flexibility index (Phi) is 6.46. The molecule has 172 valence electrons. The molecule has 1 saturated carbocycles. The number of nitrogens with zero attached hydrogens (tertiary/aromatic N) is 3. The molecule has 4 atom stereocenters. The Morgan fingerprint density at radius 1 is 1.16 bits per heavy atom. The van der Waals surface area contributed by atoms with Crippen LogP contribution in [0.15, 0.2) is 12.2 Å². The summed E-state index contributed by atoms with van der Waals surface area (Å²) in [5.41, 5.74) is 0.502. The first-order valence-electron chi connectivity index (χ1n) is 11.4. The number of ether oxygens (including phenoxy) is 1. The second-order valence-electron chi connectivity index (χ2n) is 8.65. The molecular weight excluding hydrogens is 430 g/mol. The van der Waals surface area contributed by atoms with Gasteiger partial charge in [0.05, 0.1) is 24.1 Å². The Balaban J connectivity index is 1.53. The van der Waals surface area contributed by atoms with Crippen LogP contribution in [-0.4, -0.2) is 53.3 Å². The first kappa shape index (κ1) is 22.6. The quantitative estimate of drug-likeness (QED) is 0.244. The third-order valence-electron chi connectivity index (χ3n) is 6.62.